The Labute approximate surface area is 156 Å². The van der Waals surface area contributed by atoms with E-state index in [1.807, 2.05) is 49.4 Å². The van der Waals surface area contributed by atoms with E-state index in [-0.39, 0.29) is 12.3 Å². The van der Waals surface area contributed by atoms with Crippen LogP contribution in [0.15, 0.2) is 48.5 Å². The van der Waals surface area contributed by atoms with E-state index in [0.29, 0.717) is 17.2 Å². The Morgan fingerprint density at radius 1 is 1.08 bits per heavy atom. The Morgan fingerprint density at radius 2 is 1.85 bits per heavy atom. The lowest BCUT2D eigenvalue weighted by Gasteiger charge is -2.08. The van der Waals surface area contributed by atoms with Crippen molar-refractivity contribution in [2.24, 2.45) is 0 Å². The van der Waals surface area contributed by atoms with Gasteiger partial charge >= 0.3 is 5.97 Å². The molecule has 1 heterocycles. The summed E-state index contributed by atoms with van der Waals surface area (Å²) in [6.07, 6.45) is 1.05. The summed E-state index contributed by atoms with van der Waals surface area (Å²) < 4.78 is 5.10. The predicted octanol–water partition coefficient (Wildman–Crippen LogP) is 4.82. The van der Waals surface area contributed by atoms with Crippen LogP contribution in [0, 0.1) is 0 Å². The van der Waals surface area contributed by atoms with Gasteiger partial charge in [-0.1, -0.05) is 49.4 Å². The number of anilines is 1. The SMILES string of the molecule is CCOC(=O)c1cc(CC)sc1NC(=O)Cc1cccc2ccccc12. The molecule has 4 nitrogen and oxygen atoms in total. The van der Waals surface area contributed by atoms with Crippen LogP contribution in [0.3, 0.4) is 0 Å². The minimum atomic E-state index is -0.399. The topological polar surface area (TPSA) is 55.4 Å². The number of aryl methyl sites for hydroxylation is 1. The summed E-state index contributed by atoms with van der Waals surface area (Å²) in [4.78, 5) is 25.8. The van der Waals surface area contributed by atoms with Gasteiger partial charge in [0.05, 0.1) is 18.6 Å². The first kappa shape index (κ1) is 18.1. The summed E-state index contributed by atoms with van der Waals surface area (Å²) in [5, 5.41) is 5.63. The van der Waals surface area contributed by atoms with Gasteiger partial charge in [-0.25, -0.2) is 4.79 Å². The van der Waals surface area contributed by atoms with Crippen LogP contribution < -0.4 is 5.32 Å². The van der Waals surface area contributed by atoms with Crippen LogP contribution in [0.1, 0.15) is 34.6 Å². The van der Waals surface area contributed by atoms with Crippen molar-refractivity contribution < 1.29 is 14.3 Å². The van der Waals surface area contributed by atoms with Crippen molar-refractivity contribution in [3.05, 3.63) is 64.5 Å². The third-order valence-corrected chi connectivity index (χ3v) is 5.31. The summed E-state index contributed by atoms with van der Waals surface area (Å²) in [6.45, 7) is 4.09. The van der Waals surface area contributed by atoms with Crippen LogP contribution in [0.4, 0.5) is 5.00 Å². The second-order valence-electron chi connectivity index (χ2n) is 5.89. The van der Waals surface area contributed by atoms with E-state index in [1.165, 1.54) is 11.3 Å². The number of hydrogen-bond donors (Lipinski definition) is 1. The molecule has 5 heteroatoms. The minimum absolute atomic E-state index is 0.142. The summed E-state index contributed by atoms with van der Waals surface area (Å²) in [5.41, 5.74) is 1.39. The quantitative estimate of drug-likeness (QED) is 0.636. The lowest BCUT2D eigenvalue weighted by Crippen LogP contribution is -2.16. The van der Waals surface area contributed by atoms with E-state index < -0.39 is 5.97 Å². The highest BCUT2D eigenvalue weighted by Gasteiger charge is 2.19. The molecule has 3 aromatic rings. The Morgan fingerprint density at radius 3 is 2.62 bits per heavy atom. The van der Waals surface area contributed by atoms with Gasteiger partial charge in [-0.15, -0.1) is 11.3 Å². The van der Waals surface area contributed by atoms with Gasteiger partial charge in [0.1, 0.15) is 5.00 Å². The standard InChI is InChI=1S/C21H21NO3S/c1-3-16-13-18(21(24)25-4-2)20(26-16)22-19(23)12-15-10-7-9-14-8-5-6-11-17(14)15/h5-11,13H,3-4,12H2,1-2H3,(H,22,23). The fourth-order valence-corrected chi connectivity index (χ4v) is 3.86. The molecule has 0 atom stereocenters. The number of rotatable bonds is 6. The second kappa shape index (κ2) is 8.15. The molecular formula is C21H21NO3S. The smallest absolute Gasteiger partial charge is 0.341 e. The molecule has 1 aromatic heterocycles. The third-order valence-electron chi connectivity index (χ3n) is 4.11. The number of carbonyl (C=O) groups is 2. The van der Waals surface area contributed by atoms with Crippen LogP contribution in [-0.2, 0) is 22.4 Å². The van der Waals surface area contributed by atoms with Gasteiger partial charge < -0.3 is 10.1 Å². The van der Waals surface area contributed by atoms with Crippen LogP contribution in [0.5, 0.6) is 0 Å². The number of esters is 1. The van der Waals surface area contributed by atoms with Gasteiger partial charge in [0.2, 0.25) is 5.91 Å². The predicted molar refractivity (Wildman–Crippen MR) is 106 cm³/mol. The number of nitrogens with one attached hydrogen (secondary N) is 1. The van der Waals surface area contributed by atoms with E-state index in [9.17, 15) is 9.59 Å². The van der Waals surface area contributed by atoms with Gasteiger partial charge in [0.25, 0.3) is 0 Å². The molecule has 0 aliphatic carbocycles. The monoisotopic (exact) mass is 367 g/mol. The van der Waals surface area contributed by atoms with E-state index in [2.05, 4.69) is 5.32 Å². The molecule has 0 aliphatic rings. The van der Waals surface area contributed by atoms with E-state index in [0.717, 1.165) is 27.6 Å². The largest absolute Gasteiger partial charge is 0.462 e. The van der Waals surface area contributed by atoms with E-state index in [4.69, 9.17) is 4.74 Å². The fourth-order valence-electron chi connectivity index (χ4n) is 2.86. The highest BCUT2D eigenvalue weighted by molar-refractivity contribution is 7.16. The Bertz CT molecular complexity index is 940. The minimum Gasteiger partial charge on any atom is -0.462 e. The molecule has 0 saturated carbocycles. The molecule has 0 bridgehead atoms. The Hall–Kier alpha value is -2.66. The molecule has 0 fully saturated rings. The third kappa shape index (κ3) is 3.94. The number of benzene rings is 2. The molecule has 0 unspecified atom stereocenters. The van der Waals surface area contributed by atoms with Gasteiger partial charge in [-0.2, -0.15) is 0 Å². The molecule has 0 spiro atoms. The van der Waals surface area contributed by atoms with Crippen molar-refractivity contribution >= 4 is 39.0 Å². The van der Waals surface area contributed by atoms with Crippen molar-refractivity contribution in [2.45, 2.75) is 26.7 Å². The van der Waals surface area contributed by atoms with Gasteiger partial charge in [-0.05, 0) is 35.7 Å². The number of hydrogen-bond acceptors (Lipinski definition) is 4. The molecule has 0 aliphatic heterocycles. The van der Waals surface area contributed by atoms with Crippen LogP contribution in [0.25, 0.3) is 10.8 Å². The molecule has 1 amide bonds. The van der Waals surface area contributed by atoms with E-state index in [1.54, 1.807) is 13.0 Å². The van der Waals surface area contributed by atoms with Crippen LogP contribution >= 0.6 is 11.3 Å². The lowest BCUT2D eigenvalue weighted by molar-refractivity contribution is -0.115. The van der Waals surface area contributed by atoms with Crippen molar-refractivity contribution in [1.29, 1.82) is 0 Å². The number of amides is 1. The van der Waals surface area contributed by atoms with Crippen molar-refractivity contribution in [1.82, 2.24) is 0 Å². The molecule has 0 saturated heterocycles. The molecule has 0 radical (unpaired) electrons. The molecule has 26 heavy (non-hydrogen) atoms. The Balaban J connectivity index is 1.81. The first-order valence-electron chi connectivity index (χ1n) is 8.68. The summed E-state index contributed by atoms with van der Waals surface area (Å²) in [5.74, 6) is -0.541. The number of carbonyl (C=O) groups excluding carboxylic acids is 2. The van der Waals surface area contributed by atoms with Crippen molar-refractivity contribution in [3.8, 4) is 0 Å². The fraction of sp³-hybridized carbons (Fsp3) is 0.238. The maximum absolute atomic E-state index is 12.6. The van der Waals surface area contributed by atoms with Gasteiger partial charge in [-0.3, -0.25) is 4.79 Å². The first-order chi connectivity index (χ1) is 12.6. The zero-order valence-corrected chi connectivity index (χ0v) is 15.7. The summed E-state index contributed by atoms with van der Waals surface area (Å²) in [6, 6.07) is 15.7. The van der Waals surface area contributed by atoms with Gasteiger partial charge in [0.15, 0.2) is 0 Å². The first-order valence-corrected chi connectivity index (χ1v) is 9.50. The lowest BCUT2D eigenvalue weighted by atomic mass is 10.0. The Kier molecular flexibility index (Phi) is 5.68. The van der Waals surface area contributed by atoms with Crippen LogP contribution in [-0.4, -0.2) is 18.5 Å². The average Bonchev–Trinajstić information content (AvgIpc) is 3.05. The molecule has 2 aromatic carbocycles. The molecular weight excluding hydrogens is 346 g/mol. The second-order valence-corrected chi connectivity index (χ2v) is 7.03. The maximum atomic E-state index is 12.6. The average molecular weight is 367 g/mol. The van der Waals surface area contributed by atoms with E-state index >= 15 is 0 Å². The molecule has 1 N–H and O–H groups in total. The normalized spacial score (nSPS) is 10.7. The number of ether oxygens (including phenoxy) is 1. The van der Waals surface area contributed by atoms with Crippen molar-refractivity contribution in [2.75, 3.05) is 11.9 Å². The zero-order chi connectivity index (χ0) is 18.5. The van der Waals surface area contributed by atoms with Gasteiger partial charge in [0, 0.05) is 4.88 Å². The summed E-state index contributed by atoms with van der Waals surface area (Å²) >= 11 is 1.42. The zero-order valence-electron chi connectivity index (χ0n) is 14.9. The maximum Gasteiger partial charge on any atom is 0.341 e. The molecule has 3 rings (SSSR count). The van der Waals surface area contributed by atoms with Crippen LogP contribution in [0.2, 0.25) is 0 Å². The number of thiophene rings is 1. The highest BCUT2D eigenvalue weighted by Crippen LogP contribution is 2.30. The number of fused-ring (bicyclic) bond motifs is 1. The summed E-state index contributed by atoms with van der Waals surface area (Å²) in [7, 11) is 0. The highest BCUT2D eigenvalue weighted by atomic mass is 32.1. The van der Waals surface area contributed by atoms with Crippen molar-refractivity contribution in [3.63, 3.8) is 0 Å². The molecule has 134 valence electrons.